The van der Waals surface area contributed by atoms with E-state index in [4.69, 9.17) is 0 Å². The van der Waals surface area contributed by atoms with Crippen LogP contribution in [0.2, 0.25) is 0 Å². The molecule has 2 heterocycles. The zero-order valence-electron chi connectivity index (χ0n) is 7.25. The average Bonchev–Trinajstić information content (AvgIpc) is 2.85. The molecule has 1 N–H and O–H groups in total. The lowest BCUT2D eigenvalue weighted by atomic mass is 10.2. The second-order valence-corrected chi connectivity index (χ2v) is 2.96. The van der Waals surface area contributed by atoms with Crippen molar-refractivity contribution in [2.45, 2.75) is 0 Å². The van der Waals surface area contributed by atoms with Crippen molar-refractivity contribution in [1.82, 2.24) is 25.2 Å². The van der Waals surface area contributed by atoms with Crippen molar-refractivity contribution in [2.75, 3.05) is 0 Å². The van der Waals surface area contributed by atoms with Crippen LogP contribution in [0.1, 0.15) is 0 Å². The van der Waals surface area contributed by atoms with Crippen LogP contribution in [0.25, 0.3) is 16.9 Å². The van der Waals surface area contributed by atoms with E-state index in [0.717, 1.165) is 10.9 Å². The van der Waals surface area contributed by atoms with E-state index >= 15 is 0 Å². The molecule has 0 saturated heterocycles. The molecule has 0 saturated carbocycles. The monoisotopic (exact) mass is 185 g/mol. The fourth-order valence-corrected chi connectivity index (χ4v) is 1.52. The van der Waals surface area contributed by atoms with Crippen LogP contribution in [0, 0.1) is 0 Å². The van der Waals surface area contributed by atoms with Gasteiger partial charge in [0.05, 0.1) is 5.52 Å². The maximum atomic E-state index is 3.92. The SMILES string of the molecule is c1ccc2c(c1)ccn2-c1nn[nH]n1. The van der Waals surface area contributed by atoms with E-state index in [2.05, 4.69) is 20.6 Å². The Labute approximate surface area is 79.4 Å². The van der Waals surface area contributed by atoms with Crippen molar-refractivity contribution in [3.63, 3.8) is 0 Å². The number of tetrazole rings is 1. The Kier molecular flexibility index (Phi) is 1.38. The fraction of sp³-hybridized carbons (Fsp3) is 0. The van der Waals surface area contributed by atoms with Gasteiger partial charge in [-0.05, 0) is 17.3 Å². The van der Waals surface area contributed by atoms with E-state index in [-0.39, 0.29) is 0 Å². The fourth-order valence-electron chi connectivity index (χ4n) is 1.52. The van der Waals surface area contributed by atoms with Crippen LogP contribution in [0.3, 0.4) is 0 Å². The maximum Gasteiger partial charge on any atom is 0.274 e. The minimum atomic E-state index is 0.561. The molecule has 1 aromatic carbocycles. The molecule has 3 rings (SSSR count). The number of aromatic amines is 1. The molecule has 0 bridgehead atoms. The van der Waals surface area contributed by atoms with E-state index in [1.807, 2.05) is 41.1 Å². The first-order valence-corrected chi connectivity index (χ1v) is 4.25. The highest BCUT2D eigenvalue weighted by Crippen LogP contribution is 2.16. The molecule has 0 radical (unpaired) electrons. The molecule has 3 aromatic rings. The number of benzene rings is 1. The second kappa shape index (κ2) is 2.66. The normalized spacial score (nSPS) is 10.9. The number of hydrogen-bond donors (Lipinski definition) is 1. The number of fused-ring (bicyclic) bond motifs is 1. The van der Waals surface area contributed by atoms with Crippen LogP contribution >= 0.6 is 0 Å². The third-order valence-electron chi connectivity index (χ3n) is 2.15. The molecule has 0 amide bonds. The largest absolute Gasteiger partial charge is 0.283 e. The Morgan fingerprint density at radius 1 is 1.14 bits per heavy atom. The van der Waals surface area contributed by atoms with Crippen molar-refractivity contribution < 1.29 is 0 Å². The minimum Gasteiger partial charge on any atom is -0.283 e. The lowest BCUT2D eigenvalue weighted by Gasteiger charge is -1.96. The van der Waals surface area contributed by atoms with E-state index in [9.17, 15) is 0 Å². The van der Waals surface area contributed by atoms with Crippen LogP contribution in [0.15, 0.2) is 36.5 Å². The van der Waals surface area contributed by atoms with Gasteiger partial charge in [-0.25, -0.2) is 0 Å². The van der Waals surface area contributed by atoms with Crippen molar-refractivity contribution >= 4 is 10.9 Å². The number of nitrogens with one attached hydrogen (secondary N) is 1. The van der Waals surface area contributed by atoms with Crippen molar-refractivity contribution in [3.05, 3.63) is 36.5 Å². The van der Waals surface area contributed by atoms with Crippen LogP contribution in [0.5, 0.6) is 0 Å². The van der Waals surface area contributed by atoms with E-state index in [1.54, 1.807) is 0 Å². The first-order valence-electron chi connectivity index (χ1n) is 4.25. The zero-order chi connectivity index (χ0) is 9.38. The summed E-state index contributed by atoms with van der Waals surface area (Å²) in [6.45, 7) is 0. The van der Waals surface area contributed by atoms with Gasteiger partial charge in [0.1, 0.15) is 0 Å². The number of para-hydroxylation sites is 1. The summed E-state index contributed by atoms with van der Waals surface area (Å²) in [7, 11) is 0. The Morgan fingerprint density at radius 2 is 2.07 bits per heavy atom. The zero-order valence-corrected chi connectivity index (χ0v) is 7.25. The molecule has 0 aliphatic rings. The summed E-state index contributed by atoms with van der Waals surface area (Å²) in [5.41, 5.74) is 1.08. The van der Waals surface area contributed by atoms with E-state index in [1.165, 1.54) is 0 Å². The molecule has 2 aromatic heterocycles. The summed E-state index contributed by atoms with van der Waals surface area (Å²) < 4.78 is 1.89. The molecular weight excluding hydrogens is 178 g/mol. The highest BCUT2D eigenvalue weighted by atomic mass is 15.5. The summed E-state index contributed by atoms with van der Waals surface area (Å²) >= 11 is 0. The Balaban J connectivity index is 2.33. The quantitative estimate of drug-likeness (QED) is 0.618. The van der Waals surface area contributed by atoms with Crippen molar-refractivity contribution in [1.29, 1.82) is 0 Å². The standard InChI is InChI=1S/C9H7N5/c1-2-4-8-7(3-1)5-6-14(8)9-10-12-13-11-9/h1-6H,(H,10,11,12,13). The Bertz CT molecular complexity index is 551. The number of H-pyrrole nitrogens is 1. The molecule has 5 heteroatoms. The van der Waals surface area contributed by atoms with Gasteiger partial charge >= 0.3 is 0 Å². The molecule has 5 nitrogen and oxygen atoms in total. The third-order valence-corrected chi connectivity index (χ3v) is 2.15. The summed E-state index contributed by atoms with van der Waals surface area (Å²) in [6, 6.07) is 10.1. The van der Waals surface area contributed by atoms with Gasteiger partial charge in [0.25, 0.3) is 5.95 Å². The number of nitrogens with zero attached hydrogens (tertiary/aromatic N) is 4. The lowest BCUT2D eigenvalue weighted by Crippen LogP contribution is -1.94. The summed E-state index contributed by atoms with van der Waals surface area (Å²) in [6.07, 6.45) is 1.93. The molecule has 14 heavy (non-hydrogen) atoms. The van der Waals surface area contributed by atoms with E-state index in [0.29, 0.717) is 5.95 Å². The average molecular weight is 185 g/mol. The van der Waals surface area contributed by atoms with Crippen molar-refractivity contribution in [2.24, 2.45) is 0 Å². The first-order chi connectivity index (χ1) is 6.95. The van der Waals surface area contributed by atoms with Crippen LogP contribution < -0.4 is 0 Å². The molecule has 0 aliphatic heterocycles. The Morgan fingerprint density at radius 3 is 2.93 bits per heavy atom. The predicted molar refractivity (Wildman–Crippen MR) is 51.0 cm³/mol. The van der Waals surface area contributed by atoms with Gasteiger partial charge < -0.3 is 0 Å². The minimum absolute atomic E-state index is 0.561. The molecule has 0 spiro atoms. The molecule has 0 atom stereocenters. The van der Waals surface area contributed by atoms with Crippen LogP contribution in [0.4, 0.5) is 0 Å². The van der Waals surface area contributed by atoms with E-state index < -0.39 is 0 Å². The van der Waals surface area contributed by atoms with Crippen molar-refractivity contribution in [3.8, 4) is 5.95 Å². The van der Waals surface area contributed by atoms with Gasteiger partial charge in [-0.1, -0.05) is 23.3 Å². The van der Waals surface area contributed by atoms with Crippen LogP contribution in [-0.2, 0) is 0 Å². The molecule has 0 unspecified atom stereocenters. The topological polar surface area (TPSA) is 59.4 Å². The summed E-state index contributed by atoms with van der Waals surface area (Å²) in [5.74, 6) is 0.561. The van der Waals surface area contributed by atoms with Gasteiger partial charge in [0, 0.05) is 11.6 Å². The molecular formula is C9H7N5. The number of hydrogen-bond acceptors (Lipinski definition) is 3. The van der Waals surface area contributed by atoms with Crippen LogP contribution in [-0.4, -0.2) is 25.2 Å². The number of rotatable bonds is 1. The maximum absolute atomic E-state index is 3.92. The smallest absolute Gasteiger partial charge is 0.274 e. The van der Waals surface area contributed by atoms with Gasteiger partial charge in [-0.15, -0.1) is 5.10 Å². The predicted octanol–water partition coefficient (Wildman–Crippen LogP) is 1.14. The first kappa shape index (κ1) is 7.25. The highest BCUT2D eigenvalue weighted by molar-refractivity contribution is 5.81. The second-order valence-electron chi connectivity index (χ2n) is 2.96. The summed E-state index contributed by atoms with van der Waals surface area (Å²) in [4.78, 5) is 0. The third kappa shape index (κ3) is 0.922. The highest BCUT2D eigenvalue weighted by Gasteiger charge is 2.04. The van der Waals surface area contributed by atoms with Gasteiger partial charge in [0.15, 0.2) is 0 Å². The van der Waals surface area contributed by atoms with Gasteiger partial charge in [-0.2, -0.15) is 5.21 Å². The van der Waals surface area contributed by atoms with Gasteiger partial charge in [-0.3, -0.25) is 4.57 Å². The lowest BCUT2D eigenvalue weighted by molar-refractivity contribution is 0.881. The molecule has 0 fully saturated rings. The molecule has 68 valence electrons. The Hall–Kier alpha value is -2.17. The summed E-state index contributed by atoms with van der Waals surface area (Å²) in [5, 5.41) is 15.0. The molecule has 0 aliphatic carbocycles. The number of aromatic nitrogens is 5. The van der Waals surface area contributed by atoms with Gasteiger partial charge in [0.2, 0.25) is 0 Å².